The lowest BCUT2D eigenvalue weighted by Gasteiger charge is -2.07. The molecule has 1 atom stereocenters. The molecule has 0 aliphatic heterocycles. The van der Waals surface area contributed by atoms with Crippen LogP contribution in [-0.4, -0.2) is 34.9 Å². The summed E-state index contributed by atoms with van der Waals surface area (Å²) in [6.07, 6.45) is 0.158. The Morgan fingerprint density at radius 1 is 1.39 bits per heavy atom. The highest BCUT2D eigenvalue weighted by molar-refractivity contribution is 6.02. The van der Waals surface area contributed by atoms with E-state index in [2.05, 4.69) is 0 Å². The fourth-order valence-corrected chi connectivity index (χ4v) is 1.24. The molecule has 0 aromatic heterocycles. The molecule has 1 aromatic carbocycles. The van der Waals surface area contributed by atoms with Crippen LogP contribution in [0.4, 0.5) is 0 Å². The van der Waals surface area contributed by atoms with Gasteiger partial charge in [-0.1, -0.05) is 12.1 Å². The SMILES string of the molecule is [2H]c1c([2H])c([2H])c(C(=O)OCCCC(C)O)c(C(=O)O)c1[2H]. The van der Waals surface area contributed by atoms with Crippen molar-refractivity contribution in [1.82, 2.24) is 0 Å². The van der Waals surface area contributed by atoms with E-state index in [-0.39, 0.29) is 6.61 Å². The van der Waals surface area contributed by atoms with Crippen molar-refractivity contribution in [3.8, 4) is 0 Å². The number of hydrogen-bond donors (Lipinski definition) is 2. The van der Waals surface area contributed by atoms with Crippen LogP contribution in [0.5, 0.6) is 0 Å². The normalized spacial score (nSPS) is 15.0. The van der Waals surface area contributed by atoms with Crippen LogP contribution in [0.3, 0.4) is 0 Å². The first kappa shape index (κ1) is 9.10. The summed E-state index contributed by atoms with van der Waals surface area (Å²) in [6, 6.07) is -2.98. The fraction of sp³-hybridized carbons (Fsp3) is 0.385. The summed E-state index contributed by atoms with van der Waals surface area (Å²) in [7, 11) is 0. The maximum atomic E-state index is 12.0. The molecule has 0 heterocycles. The van der Waals surface area contributed by atoms with Crippen LogP contribution in [0.25, 0.3) is 0 Å². The largest absolute Gasteiger partial charge is 0.478 e. The molecule has 0 amide bonds. The molecule has 1 aromatic rings. The Balaban J connectivity index is 3.12. The first-order valence-corrected chi connectivity index (χ1v) is 5.37. The lowest BCUT2D eigenvalue weighted by atomic mass is 10.1. The lowest BCUT2D eigenvalue weighted by Crippen LogP contribution is -2.13. The number of hydrogen-bond acceptors (Lipinski definition) is 4. The van der Waals surface area contributed by atoms with Gasteiger partial charge in [0.25, 0.3) is 0 Å². The number of aliphatic hydroxyl groups is 1. The summed E-state index contributed by atoms with van der Waals surface area (Å²) in [4.78, 5) is 23.1. The summed E-state index contributed by atoms with van der Waals surface area (Å²) in [5, 5.41) is 18.2. The van der Waals surface area contributed by atoms with Gasteiger partial charge in [-0.25, -0.2) is 9.59 Å². The summed E-state index contributed by atoms with van der Waals surface area (Å²) in [5.41, 5.74) is -1.51. The predicted molar refractivity (Wildman–Crippen MR) is 64.6 cm³/mol. The molecular formula is C13H16O5. The van der Waals surface area contributed by atoms with Crippen molar-refractivity contribution in [3.05, 3.63) is 35.3 Å². The summed E-state index contributed by atoms with van der Waals surface area (Å²) >= 11 is 0. The monoisotopic (exact) mass is 256 g/mol. The van der Waals surface area contributed by atoms with E-state index in [0.717, 1.165) is 0 Å². The number of benzene rings is 1. The molecule has 0 spiro atoms. The van der Waals surface area contributed by atoms with Crippen LogP contribution >= 0.6 is 0 Å². The van der Waals surface area contributed by atoms with Crippen LogP contribution in [-0.2, 0) is 4.74 Å². The zero-order chi connectivity index (χ0) is 17.0. The Morgan fingerprint density at radius 2 is 2.00 bits per heavy atom. The van der Waals surface area contributed by atoms with Gasteiger partial charge in [-0.05, 0) is 31.9 Å². The zero-order valence-electron chi connectivity index (χ0n) is 13.8. The number of carboxylic acid groups (broad SMARTS) is 1. The third-order valence-corrected chi connectivity index (χ3v) is 2.10. The number of aliphatic hydroxyl groups excluding tert-OH is 1. The Hall–Kier alpha value is -1.88. The fourth-order valence-electron chi connectivity index (χ4n) is 1.24. The van der Waals surface area contributed by atoms with Crippen molar-refractivity contribution in [2.75, 3.05) is 6.61 Å². The van der Waals surface area contributed by atoms with E-state index in [9.17, 15) is 9.59 Å². The van der Waals surface area contributed by atoms with Crippen LogP contribution in [0.1, 0.15) is 46.0 Å². The van der Waals surface area contributed by atoms with Gasteiger partial charge in [0.2, 0.25) is 0 Å². The Bertz CT molecular complexity index is 601. The van der Waals surface area contributed by atoms with Gasteiger partial charge in [0.05, 0.1) is 29.3 Å². The Morgan fingerprint density at radius 3 is 2.56 bits per heavy atom. The second-order valence-electron chi connectivity index (χ2n) is 3.68. The van der Waals surface area contributed by atoms with Crippen LogP contribution in [0, 0.1) is 0 Å². The van der Waals surface area contributed by atoms with E-state index in [1.165, 1.54) is 0 Å². The molecule has 18 heavy (non-hydrogen) atoms. The second-order valence-corrected chi connectivity index (χ2v) is 3.68. The average Bonchev–Trinajstić information content (AvgIpc) is 2.44. The molecule has 1 unspecified atom stereocenters. The molecule has 98 valence electrons. The van der Waals surface area contributed by atoms with Crippen LogP contribution in [0.15, 0.2) is 24.2 Å². The molecule has 0 aliphatic carbocycles. The topological polar surface area (TPSA) is 83.8 Å². The summed E-state index contributed by atoms with van der Waals surface area (Å²) in [5.74, 6) is -2.77. The molecule has 0 bridgehead atoms. The van der Waals surface area contributed by atoms with Crippen molar-refractivity contribution in [2.45, 2.75) is 25.9 Å². The number of carbonyl (C=O) groups is 2. The average molecular weight is 256 g/mol. The van der Waals surface area contributed by atoms with Gasteiger partial charge >= 0.3 is 11.9 Å². The van der Waals surface area contributed by atoms with E-state index in [1.54, 1.807) is 6.92 Å². The number of rotatable bonds is 6. The van der Waals surface area contributed by atoms with Crippen molar-refractivity contribution in [2.24, 2.45) is 0 Å². The highest BCUT2D eigenvalue weighted by Gasteiger charge is 2.16. The molecule has 0 saturated carbocycles. The van der Waals surface area contributed by atoms with Gasteiger partial charge < -0.3 is 14.9 Å². The van der Waals surface area contributed by atoms with E-state index in [0.29, 0.717) is 12.8 Å². The molecule has 0 saturated heterocycles. The standard InChI is InChI=1S/C13H16O5/c1-9(14)5-4-8-18-13(17)11-7-3-2-6-10(11)12(15)16/h2-3,6-7,9,14H,4-5,8H2,1H3,(H,15,16)/i2D,3D,6D,7D. The molecule has 1 rings (SSSR count). The third-order valence-electron chi connectivity index (χ3n) is 2.10. The lowest BCUT2D eigenvalue weighted by molar-refractivity contribution is 0.0472. The van der Waals surface area contributed by atoms with Crippen molar-refractivity contribution in [1.29, 1.82) is 0 Å². The van der Waals surface area contributed by atoms with E-state index < -0.39 is 53.3 Å². The van der Waals surface area contributed by atoms with E-state index in [1.807, 2.05) is 0 Å². The van der Waals surface area contributed by atoms with Crippen LogP contribution < -0.4 is 0 Å². The van der Waals surface area contributed by atoms with Gasteiger partial charge in [-0.3, -0.25) is 0 Å². The minimum Gasteiger partial charge on any atom is -0.478 e. The summed E-state index contributed by atoms with van der Waals surface area (Å²) in [6.45, 7) is 1.48. The quantitative estimate of drug-likeness (QED) is 0.598. The van der Waals surface area contributed by atoms with Crippen molar-refractivity contribution in [3.63, 3.8) is 0 Å². The minimum absolute atomic E-state index is 0.0917. The second kappa shape index (κ2) is 6.76. The maximum absolute atomic E-state index is 12.0. The number of esters is 1. The molecule has 5 nitrogen and oxygen atoms in total. The highest BCUT2D eigenvalue weighted by atomic mass is 16.5. The number of carboxylic acids is 1. The van der Waals surface area contributed by atoms with Gasteiger partial charge in [0, 0.05) is 0 Å². The van der Waals surface area contributed by atoms with Crippen molar-refractivity contribution < 1.29 is 30.0 Å². The molecule has 2 N–H and O–H groups in total. The predicted octanol–water partition coefficient (Wildman–Crippen LogP) is 1.70. The first-order valence-electron chi connectivity index (χ1n) is 7.37. The number of aromatic carboxylic acids is 1. The van der Waals surface area contributed by atoms with E-state index in [4.69, 9.17) is 20.4 Å². The Labute approximate surface area is 111 Å². The highest BCUT2D eigenvalue weighted by Crippen LogP contribution is 2.10. The summed E-state index contributed by atoms with van der Waals surface area (Å²) < 4.78 is 35.0. The van der Waals surface area contributed by atoms with Gasteiger partial charge in [-0.15, -0.1) is 0 Å². The molecule has 0 radical (unpaired) electrons. The minimum atomic E-state index is -1.64. The molecular weight excluding hydrogens is 236 g/mol. The van der Waals surface area contributed by atoms with Gasteiger partial charge in [0.15, 0.2) is 0 Å². The first-order chi connectivity index (χ1) is 10.2. The zero-order valence-corrected chi connectivity index (χ0v) is 9.82. The maximum Gasteiger partial charge on any atom is 0.339 e. The van der Waals surface area contributed by atoms with Gasteiger partial charge in [0.1, 0.15) is 0 Å². The van der Waals surface area contributed by atoms with Crippen LogP contribution in [0.2, 0.25) is 0 Å². The molecule has 0 aliphatic rings. The van der Waals surface area contributed by atoms with Crippen molar-refractivity contribution >= 4 is 11.9 Å². The van der Waals surface area contributed by atoms with Gasteiger partial charge in [-0.2, -0.15) is 0 Å². The smallest absolute Gasteiger partial charge is 0.339 e. The molecule has 0 fully saturated rings. The van der Waals surface area contributed by atoms with E-state index >= 15 is 0 Å². The third kappa shape index (κ3) is 4.18. The number of ether oxygens (including phenoxy) is 1. The Kier molecular flexibility index (Phi) is 3.42. The number of carbonyl (C=O) groups excluding carboxylic acids is 1. The molecule has 5 heteroatoms.